The van der Waals surface area contributed by atoms with Crippen LogP contribution in [-0.4, -0.2) is 21.9 Å². The van der Waals surface area contributed by atoms with Crippen LogP contribution in [0.15, 0.2) is 30.3 Å². The number of carbonyl (C=O) groups excluding carboxylic acids is 1. The molecule has 1 aromatic heterocycles. The van der Waals surface area contributed by atoms with E-state index in [2.05, 4.69) is 5.10 Å². The van der Waals surface area contributed by atoms with Crippen LogP contribution < -0.4 is 0 Å². The molecule has 0 radical (unpaired) electrons. The van der Waals surface area contributed by atoms with Gasteiger partial charge in [0.1, 0.15) is 11.2 Å². The fourth-order valence-corrected chi connectivity index (χ4v) is 2.42. The molecule has 1 atom stereocenters. The number of rotatable bonds is 5. The third kappa shape index (κ3) is 4.46. The number of benzene rings is 1. The maximum absolute atomic E-state index is 11.6. The highest BCUT2D eigenvalue weighted by atomic mass is 35.5. The largest absolute Gasteiger partial charge is 0.444 e. The topological polar surface area (TPSA) is 67.9 Å². The van der Waals surface area contributed by atoms with Gasteiger partial charge in [-0.25, -0.2) is 9.48 Å². The zero-order valence-corrected chi connectivity index (χ0v) is 14.5. The summed E-state index contributed by atoms with van der Waals surface area (Å²) in [4.78, 5) is 11.6. The molecule has 2 rings (SSSR count). The van der Waals surface area contributed by atoms with E-state index in [-0.39, 0.29) is 0 Å². The number of nitriles is 1. The molecule has 6 heteroatoms. The molecule has 2 aromatic rings. The molecule has 124 valence electrons. The minimum atomic E-state index is -0.789. The Balaban J connectivity index is 2.15. The summed E-state index contributed by atoms with van der Waals surface area (Å²) in [6, 6.07) is 9.95. The lowest BCUT2D eigenvalue weighted by Crippen LogP contribution is -2.10. The zero-order chi connectivity index (χ0) is 17.7. The van der Waals surface area contributed by atoms with Crippen molar-refractivity contribution in [3.8, 4) is 6.07 Å². The summed E-state index contributed by atoms with van der Waals surface area (Å²) in [6.07, 6.45) is 2.02. The van der Waals surface area contributed by atoms with Crippen LogP contribution in [0.5, 0.6) is 0 Å². The van der Waals surface area contributed by atoms with Crippen molar-refractivity contribution in [2.45, 2.75) is 33.4 Å². The molecular weight excluding hydrogens is 326 g/mol. The van der Waals surface area contributed by atoms with Gasteiger partial charge in [0.05, 0.1) is 12.2 Å². The molecular formula is C18H18ClN3O2. The van der Waals surface area contributed by atoms with Crippen LogP contribution in [0.3, 0.4) is 0 Å². The summed E-state index contributed by atoms with van der Waals surface area (Å²) in [5, 5.41) is 13.5. The highest BCUT2D eigenvalue weighted by molar-refractivity contribution is 6.31. The lowest BCUT2D eigenvalue weighted by molar-refractivity contribution is -0.139. The summed E-state index contributed by atoms with van der Waals surface area (Å²) in [7, 11) is 0. The molecule has 0 spiro atoms. The Morgan fingerprint density at radius 2 is 2.08 bits per heavy atom. The third-order valence-corrected chi connectivity index (χ3v) is 3.82. The summed E-state index contributed by atoms with van der Waals surface area (Å²) in [5.41, 5.74) is 3.65. The summed E-state index contributed by atoms with van der Waals surface area (Å²) in [5.74, 6) is -0.592. The van der Waals surface area contributed by atoms with Gasteiger partial charge in [-0.05, 0) is 32.4 Å². The van der Waals surface area contributed by atoms with Gasteiger partial charge in [-0.3, -0.25) is 0 Å². The van der Waals surface area contributed by atoms with E-state index in [0.717, 1.165) is 5.56 Å². The molecule has 0 unspecified atom stereocenters. The minimum Gasteiger partial charge on any atom is -0.444 e. The number of aromatic nitrogens is 2. The number of halogens is 1. The van der Waals surface area contributed by atoms with Crippen LogP contribution in [0.4, 0.5) is 0 Å². The van der Waals surface area contributed by atoms with Gasteiger partial charge in [0.2, 0.25) is 0 Å². The Kier molecular flexibility index (Phi) is 5.78. The van der Waals surface area contributed by atoms with Crippen molar-refractivity contribution in [1.82, 2.24) is 9.78 Å². The lowest BCUT2D eigenvalue weighted by atomic mass is 10.1. The number of carbonyl (C=O) groups is 1. The first-order valence-electron chi connectivity index (χ1n) is 7.47. The molecule has 1 heterocycles. The average molecular weight is 344 g/mol. The van der Waals surface area contributed by atoms with Gasteiger partial charge in [-0.15, -0.1) is 0 Å². The van der Waals surface area contributed by atoms with E-state index in [9.17, 15) is 4.79 Å². The van der Waals surface area contributed by atoms with Crippen molar-refractivity contribution in [1.29, 1.82) is 5.26 Å². The van der Waals surface area contributed by atoms with Crippen molar-refractivity contribution >= 4 is 23.6 Å². The number of aryl methyl sites for hydroxylation is 2. The van der Waals surface area contributed by atoms with Crippen LogP contribution in [-0.2, 0) is 16.1 Å². The van der Waals surface area contributed by atoms with Crippen LogP contribution in [0.2, 0.25) is 5.15 Å². The summed E-state index contributed by atoms with van der Waals surface area (Å²) >= 11 is 6.37. The first-order chi connectivity index (χ1) is 11.4. The van der Waals surface area contributed by atoms with E-state index in [1.807, 2.05) is 44.2 Å². The predicted octanol–water partition coefficient (Wildman–Crippen LogP) is 3.67. The van der Waals surface area contributed by atoms with Gasteiger partial charge in [0, 0.05) is 11.6 Å². The number of hydrogen-bond acceptors (Lipinski definition) is 4. The van der Waals surface area contributed by atoms with Crippen LogP contribution >= 0.6 is 11.6 Å². The highest BCUT2D eigenvalue weighted by Crippen LogP contribution is 2.22. The summed E-state index contributed by atoms with van der Waals surface area (Å²) < 4.78 is 6.54. The second-order valence-electron chi connectivity index (χ2n) is 5.47. The monoisotopic (exact) mass is 343 g/mol. The van der Waals surface area contributed by atoms with E-state index in [1.54, 1.807) is 10.8 Å². The Bertz CT molecular complexity index is 801. The van der Waals surface area contributed by atoms with Crippen molar-refractivity contribution < 1.29 is 9.53 Å². The molecule has 5 nitrogen and oxygen atoms in total. The van der Waals surface area contributed by atoms with E-state index in [4.69, 9.17) is 21.6 Å². The molecule has 0 amide bonds. The van der Waals surface area contributed by atoms with Crippen molar-refractivity contribution in [3.63, 3.8) is 0 Å². The lowest BCUT2D eigenvalue weighted by Gasteiger charge is -2.04. The van der Waals surface area contributed by atoms with E-state index >= 15 is 0 Å². The van der Waals surface area contributed by atoms with Crippen LogP contribution in [0.1, 0.15) is 29.3 Å². The number of esters is 1. The Morgan fingerprint density at radius 1 is 1.42 bits per heavy atom. The molecule has 1 aromatic carbocycles. The molecule has 0 saturated heterocycles. The molecule has 0 aliphatic heterocycles. The van der Waals surface area contributed by atoms with Gasteiger partial charge >= 0.3 is 5.97 Å². The quantitative estimate of drug-likeness (QED) is 0.613. The Labute approximate surface area is 146 Å². The van der Waals surface area contributed by atoms with Gasteiger partial charge in [0.15, 0.2) is 6.10 Å². The van der Waals surface area contributed by atoms with Crippen molar-refractivity contribution in [2.75, 3.05) is 0 Å². The molecule has 0 N–H and O–H groups in total. The van der Waals surface area contributed by atoms with Gasteiger partial charge < -0.3 is 4.74 Å². The van der Waals surface area contributed by atoms with Crippen molar-refractivity contribution in [3.05, 3.63) is 57.9 Å². The van der Waals surface area contributed by atoms with Crippen LogP contribution in [0.25, 0.3) is 6.08 Å². The van der Waals surface area contributed by atoms with E-state index in [0.29, 0.717) is 23.0 Å². The van der Waals surface area contributed by atoms with E-state index in [1.165, 1.54) is 18.6 Å². The smallest absolute Gasteiger partial charge is 0.332 e. The minimum absolute atomic E-state index is 0.449. The first-order valence-corrected chi connectivity index (χ1v) is 7.85. The molecule has 24 heavy (non-hydrogen) atoms. The highest BCUT2D eigenvalue weighted by Gasteiger charge is 2.12. The average Bonchev–Trinajstić information content (AvgIpc) is 2.81. The molecule has 0 aliphatic carbocycles. The number of hydrogen-bond donors (Lipinski definition) is 0. The maximum Gasteiger partial charge on any atom is 0.332 e. The third-order valence-electron chi connectivity index (χ3n) is 3.42. The number of nitrogens with zero attached hydrogens (tertiary/aromatic N) is 3. The van der Waals surface area contributed by atoms with Crippen molar-refractivity contribution in [2.24, 2.45) is 0 Å². The molecule has 0 aliphatic rings. The normalized spacial score (nSPS) is 12.1. The van der Waals surface area contributed by atoms with Gasteiger partial charge in [-0.2, -0.15) is 10.4 Å². The first kappa shape index (κ1) is 17.8. The summed E-state index contributed by atoms with van der Waals surface area (Å²) in [6.45, 7) is 5.90. The maximum atomic E-state index is 11.6. The Hall–Kier alpha value is -2.58. The second-order valence-corrected chi connectivity index (χ2v) is 5.83. The fourth-order valence-electron chi connectivity index (χ4n) is 2.12. The Morgan fingerprint density at radius 3 is 2.71 bits per heavy atom. The SMILES string of the molecule is Cc1ccc(Cn2nc(C)c(/C=C/C(=O)O[C@@H](C)C#N)c2Cl)cc1. The van der Waals surface area contributed by atoms with Gasteiger partial charge in [-0.1, -0.05) is 41.4 Å². The fraction of sp³-hybridized carbons (Fsp3) is 0.278. The van der Waals surface area contributed by atoms with Gasteiger partial charge in [0.25, 0.3) is 0 Å². The molecule has 0 saturated carbocycles. The molecule has 0 bridgehead atoms. The van der Waals surface area contributed by atoms with Crippen LogP contribution in [0, 0.1) is 25.2 Å². The molecule has 0 fully saturated rings. The van der Waals surface area contributed by atoms with E-state index < -0.39 is 12.1 Å². The zero-order valence-electron chi connectivity index (χ0n) is 13.8. The predicted molar refractivity (Wildman–Crippen MR) is 92.5 cm³/mol. The second kappa shape index (κ2) is 7.80. The number of ether oxygens (including phenoxy) is 1. The standard InChI is InChI=1S/C18H18ClN3O2/c1-12-4-6-15(7-5-12)11-22-18(19)16(14(3)21-22)8-9-17(23)24-13(2)10-20/h4-9,13H,11H2,1-3H3/b9-8+/t13-/m0/s1.